The van der Waals surface area contributed by atoms with Crippen molar-refractivity contribution < 1.29 is 9.31 Å². The minimum absolute atomic E-state index is 0.00924. The largest absolute Gasteiger partial charge is 0.269 e. The van der Waals surface area contributed by atoms with Gasteiger partial charge in [0.25, 0.3) is 5.69 Å². The van der Waals surface area contributed by atoms with Crippen LogP contribution in [0.4, 0.5) is 10.1 Å². The molecule has 0 saturated carbocycles. The summed E-state index contributed by atoms with van der Waals surface area (Å²) in [6, 6.07) is 14.8. The van der Waals surface area contributed by atoms with Crippen molar-refractivity contribution in [1.82, 2.24) is 0 Å². The van der Waals surface area contributed by atoms with E-state index in [0.29, 0.717) is 17.5 Å². The highest BCUT2D eigenvalue weighted by atomic mass is 19.1. The Morgan fingerprint density at radius 1 is 1.00 bits per heavy atom. The number of rotatable bonds is 3. The lowest BCUT2D eigenvalue weighted by molar-refractivity contribution is -0.384. The summed E-state index contributed by atoms with van der Waals surface area (Å²) >= 11 is 0. The lowest BCUT2D eigenvalue weighted by Gasteiger charge is -2.05. The Labute approximate surface area is 103 Å². The first kappa shape index (κ1) is 12.0. The van der Waals surface area contributed by atoms with Gasteiger partial charge >= 0.3 is 0 Å². The molecule has 0 aliphatic carbocycles. The predicted octanol–water partition coefficient (Wildman–Crippen LogP) is 3.95. The molecule has 0 aromatic heterocycles. The molecule has 0 amide bonds. The van der Waals surface area contributed by atoms with Crippen molar-refractivity contribution in [2.45, 2.75) is 0 Å². The van der Waals surface area contributed by atoms with Gasteiger partial charge in [-0.25, -0.2) is 4.39 Å². The van der Waals surface area contributed by atoms with Crippen molar-refractivity contribution in [1.29, 1.82) is 0 Å². The molecule has 0 radical (unpaired) electrons. The van der Waals surface area contributed by atoms with Crippen molar-refractivity contribution in [2.24, 2.45) is 0 Å². The first-order valence-electron chi connectivity index (χ1n) is 5.33. The maximum absolute atomic E-state index is 13.0. The summed E-state index contributed by atoms with van der Waals surface area (Å²) in [4.78, 5) is 10.1. The van der Waals surface area contributed by atoms with E-state index >= 15 is 0 Å². The molecule has 0 spiro atoms. The van der Waals surface area contributed by atoms with Crippen molar-refractivity contribution in [2.75, 3.05) is 0 Å². The standard InChI is InChI=1S/C14H10FNO2/c15-10-14(11-4-2-1-3-5-11)12-6-8-13(9-7-12)16(17)18/h1-10H/b14-10-. The molecule has 0 bridgehead atoms. The van der Waals surface area contributed by atoms with Crippen LogP contribution in [0.25, 0.3) is 5.57 Å². The Balaban J connectivity index is 2.38. The van der Waals surface area contributed by atoms with Crippen LogP contribution < -0.4 is 0 Å². The number of hydrogen-bond donors (Lipinski definition) is 0. The van der Waals surface area contributed by atoms with E-state index in [1.54, 1.807) is 12.1 Å². The second kappa shape index (κ2) is 5.23. The summed E-state index contributed by atoms with van der Waals surface area (Å²) in [5.74, 6) is 0. The minimum Gasteiger partial charge on any atom is -0.258 e. The Morgan fingerprint density at radius 3 is 2.06 bits per heavy atom. The zero-order valence-electron chi connectivity index (χ0n) is 9.42. The maximum Gasteiger partial charge on any atom is 0.269 e. The lowest BCUT2D eigenvalue weighted by atomic mass is 9.99. The maximum atomic E-state index is 13.0. The summed E-state index contributed by atoms with van der Waals surface area (Å²) in [7, 11) is 0. The SMILES string of the molecule is O=[N+]([O-])c1ccc(/C(=C\F)c2ccccc2)cc1. The Hall–Kier alpha value is -2.49. The fourth-order valence-corrected chi connectivity index (χ4v) is 1.67. The lowest BCUT2D eigenvalue weighted by Crippen LogP contribution is -1.90. The summed E-state index contributed by atoms with van der Waals surface area (Å²) in [6.07, 6.45) is 0.510. The number of halogens is 1. The average Bonchev–Trinajstić information content (AvgIpc) is 2.41. The van der Waals surface area contributed by atoms with Crippen molar-refractivity contribution >= 4 is 11.3 Å². The third kappa shape index (κ3) is 2.43. The van der Waals surface area contributed by atoms with Gasteiger partial charge in [0, 0.05) is 17.7 Å². The molecule has 0 aliphatic heterocycles. The summed E-state index contributed by atoms with van der Waals surface area (Å²) in [5.41, 5.74) is 1.73. The van der Waals surface area contributed by atoms with E-state index < -0.39 is 4.92 Å². The molecule has 0 unspecified atom stereocenters. The molecule has 0 heterocycles. The molecular formula is C14H10FNO2. The zero-order valence-corrected chi connectivity index (χ0v) is 9.42. The monoisotopic (exact) mass is 243 g/mol. The van der Waals surface area contributed by atoms with Gasteiger partial charge < -0.3 is 0 Å². The van der Waals surface area contributed by atoms with Gasteiger partial charge in [0.1, 0.15) is 0 Å². The van der Waals surface area contributed by atoms with Crippen LogP contribution in [0.1, 0.15) is 11.1 Å². The van der Waals surface area contributed by atoms with E-state index in [0.717, 1.165) is 5.56 Å². The van der Waals surface area contributed by atoms with E-state index in [9.17, 15) is 14.5 Å². The van der Waals surface area contributed by atoms with Crippen LogP contribution in [-0.2, 0) is 0 Å². The van der Waals surface area contributed by atoms with Crippen LogP contribution in [-0.4, -0.2) is 4.92 Å². The molecule has 2 aromatic carbocycles. The smallest absolute Gasteiger partial charge is 0.258 e. The number of hydrogen-bond acceptors (Lipinski definition) is 2. The van der Waals surface area contributed by atoms with Gasteiger partial charge in [-0.15, -0.1) is 0 Å². The van der Waals surface area contributed by atoms with E-state index in [1.165, 1.54) is 24.3 Å². The molecule has 90 valence electrons. The number of nitrogens with zero attached hydrogens (tertiary/aromatic N) is 1. The van der Waals surface area contributed by atoms with Crippen LogP contribution in [0, 0.1) is 10.1 Å². The van der Waals surface area contributed by atoms with Gasteiger partial charge in [0.15, 0.2) is 0 Å². The third-order valence-electron chi connectivity index (χ3n) is 2.58. The molecule has 0 N–H and O–H groups in total. The highest BCUT2D eigenvalue weighted by Gasteiger charge is 2.08. The normalized spacial score (nSPS) is 11.3. The van der Waals surface area contributed by atoms with Crippen molar-refractivity contribution in [3.63, 3.8) is 0 Å². The number of nitro benzene ring substituents is 1. The second-order valence-corrected chi connectivity index (χ2v) is 3.69. The second-order valence-electron chi connectivity index (χ2n) is 3.69. The average molecular weight is 243 g/mol. The molecule has 4 heteroatoms. The van der Waals surface area contributed by atoms with Crippen LogP contribution in [0.15, 0.2) is 60.9 Å². The van der Waals surface area contributed by atoms with Gasteiger partial charge in [0.05, 0.1) is 11.3 Å². The van der Waals surface area contributed by atoms with E-state index in [1.807, 2.05) is 18.2 Å². The molecule has 0 aliphatic rings. The highest BCUT2D eigenvalue weighted by molar-refractivity contribution is 5.79. The third-order valence-corrected chi connectivity index (χ3v) is 2.58. The Bertz CT molecular complexity index is 577. The van der Waals surface area contributed by atoms with E-state index in [-0.39, 0.29) is 5.69 Å². The predicted molar refractivity (Wildman–Crippen MR) is 67.7 cm³/mol. The van der Waals surface area contributed by atoms with Gasteiger partial charge in [-0.1, -0.05) is 30.3 Å². The van der Waals surface area contributed by atoms with Crippen molar-refractivity contribution in [3.05, 3.63) is 82.2 Å². The van der Waals surface area contributed by atoms with E-state index in [2.05, 4.69) is 0 Å². The van der Waals surface area contributed by atoms with Crippen LogP contribution in [0.5, 0.6) is 0 Å². The van der Waals surface area contributed by atoms with Gasteiger partial charge in [0.2, 0.25) is 0 Å². The van der Waals surface area contributed by atoms with E-state index in [4.69, 9.17) is 0 Å². The Morgan fingerprint density at radius 2 is 1.56 bits per heavy atom. The summed E-state index contributed by atoms with van der Waals surface area (Å²) in [6.45, 7) is 0. The van der Waals surface area contributed by atoms with Gasteiger partial charge in [-0.05, 0) is 23.3 Å². The number of nitro groups is 1. The molecular weight excluding hydrogens is 233 g/mol. The molecule has 18 heavy (non-hydrogen) atoms. The van der Waals surface area contributed by atoms with Crippen LogP contribution >= 0.6 is 0 Å². The topological polar surface area (TPSA) is 43.1 Å². The first-order valence-corrected chi connectivity index (χ1v) is 5.33. The molecule has 3 nitrogen and oxygen atoms in total. The highest BCUT2D eigenvalue weighted by Crippen LogP contribution is 2.25. The molecule has 0 atom stereocenters. The number of benzene rings is 2. The molecule has 2 rings (SSSR count). The first-order chi connectivity index (χ1) is 8.72. The van der Waals surface area contributed by atoms with Crippen LogP contribution in [0.2, 0.25) is 0 Å². The number of non-ortho nitro benzene ring substituents is 1. The van der Waals surface area contributed by atoms with Gasteiger partial charge in [-0.3, -0.25) is 10.1 Å². The minimum atomic E-state index is -0.481. The molecule has 0 saturated heterocycles. The molecule has 0 fully saturated rings. The zero-order chi connectivity index (χ0) is 13.0. The quantitative estimate of drug-likeness (QED) is 0.605. The van der Waals surface area contributed by atoms with Gasteiger partial charge in [-0.2, -0.15) is 0 Å². The molecule has 2 aromatic rings. The fourth-order valence-electron chi connectivity index (χ4n) is 1.67. The summed E-state index contributed by atoms with van der Waals surface area (Å²) < 4.78 is 13.0. The Kier molecular flexibility index (Phi) is 3.48. The fraction of sp³-hybridized carbons (Fsp3) is 0. The van der Waals surface area contributed by atoms with Crippen molar-refractivity contribution in [3.8, 4) is 0 Å². The summed E-state index contributed by atoms with van der Waals surface area (Å²) in [5, 5.41) is 10.5. The van der Waals surface area contributed by atoms with Crippen LogP contribution in [0.3, 0.4) is 0 Å².